The molecule has 7 N–H and O–H groups in total. The van der Waals surface area contributed by atoms with Crippen LogP contribution in [0.5, 0.6) is 0 Å². The summed E-state index contributed by atoms with van der Waals surface area (Å²) in [5.41, 5.74) is 0. The highest BCUT2D eigenvalue weighted by Gasteiger charge is 2.51. The first-order valence-electron chi connectivity index (χ1n) is 22.5. The maximum absolute atomic E-state index is 12.8. The number of allylic oxidation sites excluding steroid dienone is 12. The fourth-order valence-corrected chi connectivity index (χ4v) is 7.05. The molecule has 0 heterocycles. The first kappa shape index (κ1) is 57.0. The van der Waals surface area contributed by atoms with Gasteiger partial charge < -0.3 is 45.0 Å². The number of phosphoric acid groups is 1. The van der Waals surface area contributed by atoms with E-state index in [4.69, 9.17) is 18.5 Å². The number of hydrogen-bond acceptors (Lipinski definition) is 13. The highest BCUT2D eigenvalue weighted by Crippen LogP contribution is 2.47. The van der Waals surface area contributed by atoms with Gasteiger partial charge in [-0.2, -0.15) is 0 Å². The molecule has 0 aromatic carbocycles. The Bertz CT molecular complexity index is 1420. The number of unbranched alkanes of at least 4 members (excludes halogenated alkanes) is 9. The van der Waals surface area contributed by atoms with E-state index < -0.39 is 81.8 Å². The van der Waals surface area contributed by atoms with Crippen molar-refractivity contribution >= 4 is 19.8 Å². The lowest BCUT2D eigenvalue weighted by Crippen LogP contribution is -2.64. The molecule has 1 aliphatic rings. The third kappa shape index (κ3) is 28.6. The summed E-state index contributed by atoms with van der Waals surface area (Å²) in [4.78, 5) is 35.6. The zero-order chi connectivity index (χ0) is 45.9. The second-order valence-corrected chi connectivity index (χ2v) is 16.8. The van der Waals surface area contributed by atoms with E-state index in [-0.39, 0.29) is 12.8 Å². The molecule has 3 unspecified atom stereocenters. The van der Waals surface area contributed by atoms with Gasteiger partial charge in [-0.3, -0.25) is 18.6 Å². The number of carbonyl (C=O) groups is 2. The van der Waals surface area contributed by atoms with E-state index in [0.29, 0.717) is 38.5 Å². The SMILES string of the molecule is CCCCC/C=C\C/C=C\C/C=C\CCCCC(=O)O[C@H](COC(=O)CCC/C=C\C/C=C\C=C\[C@H](O)C/C=C\CCCCC)COP(=O)(O)OC1[C@H](O)[C@H](O)C(O)[C@H](O)[C@H]1O. The minimum atomic E-state index is -5.16. The van der Waals surface area contributed by atoms with E-state index in [9.17, 15) is 49.7 Å². The van der Waals surface area contributed by atoms with Crippen molar-refractivity contribution in [2.45, 2.75) is 185 Å². The summed E-state index contributed by atoms with van der Waals surface area (Å²) in [6.45, 7) is 3.06. The lowest BCUT2D eigenvalue weighted by molar-refractivity contribution is -0.220. The summed E-state index contributed by atoms with van der Waals surface area (Å²) in [6, 6.07) is 0. The Labute approximate surface area is 370 Å². The Hall–Kier alpha value is -3.01. The number of phosphoric ester groups is 1. The van der Waals surface area contributed by atoms with Gasteiger partial charge in [0.05, 0.1) is 12.7 Å². The van der Waals surface area contributed by atoms with Gasteiger partial charge in [0, 0.05) is 12.8 Å². The molecular formula is C47H77O14P. The number of aliphatic hydroxyl groups is 6. The molecule has 1 rings (SSSR count). The summed E-state index contributed by atoms with van der Waals surface area (Å²) >= 11 is 0. The largest absolute Gasteiger partial charge is 0.472 e. The van der Waals surface area contributed by atoms with E-state index in [1.165, 1.54) is 38.5 Å². The Balaban J connectivity index is 2.58. The zero-order valence-corrected chi connectivity index (χ0v) is 37.9. The van der Waals surface area contributed by atoms with Crippen molar-refractivity contribution in [2.75, 3.05) is 13.2 Å². The molecule has 354 valence electrons. The predicted molar refractivity (Wildman–Crippen MR) is 241 cm³/mol. The fourth-order valence-electron chi connectivity index (χ4n) is 6.07. The van der Waals surface area contributed by atoms with Crippen LogP contribution in [-0.4, -0.2) is 110 Å². The van der Waals surface area contributed by atoms with Crippen LogP contribution in [0.15, 0.2) is 85.1 Å². The van der Waals surface area contributed by atoms with Crippen molar-refractivity contribution in [1.82, 2.24) is 0 Å². The predicted octanol–water partition coefficient (Wildman–Crippen LogP) is 7.47. The monoisotopic (exact) mass is 897 g/mol. The topological polar surface area (TPSA) is 230 Å². The normalized spacial score (nSPS) is 23.2. The number of hydrogen-bond donors (Lipinski definition) is 7. The minimum Gasteiger partial charge on any atom is -0.462 e. The number of ether oxygens (including phenoxy) is 2. The van der Waals surface area contributed by atoms with Crippen molar-refractivity contribution in [3.8, 4) is 0 Å². The third-order valence-corrected chi connectivity index (χ3v) is 10.8. The molecule has 0 amide bonds. The van der Waals surface area contributed by atoms with Crippen LogP contribution < -0.4 is 0 Å². The molecule has 1 aliphatic carbocycles. The lowest BCUT2D eigenvalue weighted by atomic mass is 9.85. The summed E-state index contributed by atoms with van der Waals surface area (Å²) in [7, 11) is -5.16. The van der Waals surface area contributed by atoms with Gasteiger partial charge in [0.25, 0.3) is 0 Å². The highest BCUT2D eigenvalue weighted by atomic mass is 31.2. The molecule has 0 aliphatic heterocycles. The van der Waals surface area contributed by atoms with Crippen LogP contribution in [0.25, 0.3) is 0 Å². The first-order valence-corrected chi connectivity index (χ1v) is 24.0. The molecule has 14 nitrogen and oxygen atoms in total. The van der Waals surface area contributed by atoms with Crippen LogP contribution in [0.4, 0.5) is 0 Å². The number of carbonyl (C=O) groups excluding carboxylic acids is 2. The molecule has 0 spiro atoms. The standard InChI is InChI=1S/C47H77O14P/c1-3-5-7-9-11-12-13-14-15-16-17-18-23-27-31-35-41(50)60-39(37-59-62(56,57)61-47-45(54)43(52)42(51)44(53)46(47)55)36-58-40(49)34-30-26-22-20-19-21-25-29-33-38(48)32-28-24-10-8-6-4-2/h11-12,14-15,17-18,20-22,24-25,28-29,33,38-39,42-48,51-55H,3-10,13,16,19,23,26-27,30-32,34-37H2,1-2H3,(H,56,57)/b12-11-,15-14-,18-17-,22-20-,25-21-,28-24-,33-29+/t38-,39-,42?,43-,44+,45-,46-,47?/m1/s1. The molecular weight excluding hydrogens is 819 g/mol. The maximum atomic E-state index is 12.8. The molecule has 0 aromatic rings. The second-order valence-electron chi connectivity index (χ2n) is 15.4. The highest BCUT2D eigenvalue weighted by molar-refractivity contribution is 7.47. The van der Waals surface area contributed by atoms with Crippen molar-refractivity contribution in [1.29, 1.82) is 0 Å². The lowest BCUT2D eigenvalue weighted by Gasteiger charge is -2.41. The smallest absolute Gasteiger partial charge is 0.462 e. The van der Waals surface area contributed by atoms with E-state index in [1.54, 1.807) is 6.08 Å². The number of esters is 2. The molecule has 0 bridgehead atoms. The van der Waals surface area contributed by atoms with Crippen molar-refractivity contribution in [3.05, 3.63) is 85.1 Å². The zero-order valence-electron chi connectivity index (χ0n) is 37.0. The van der Waals surface area contributed by atoms with Crippen LogP contribution in [0, 0.1) is 0 Å². The van der Waals surface area contributed by atoms with Crippen molar-refractivity contribution < 1.29 is 68.2 Å². The van der Waals surface area contributed by atoms with Crippen LogP contribution >= 0.6 is 7.82 Å². The molecule has 1 saturated carbocycles. The van der Waals surface area contributed by atoms with Crippen molar-refractivity contribution in [2.24, 2.45) is 0 Å². The van der Waals surface area contributed by atoms with E-state index >= 15 is 0 Å². The fraction of sp³-hybridized carbons (Fsp3) is 0.660. The maximum Gasteiger partial charge on any atom is 0.472 e. The van der Waals surface area contributed by atoms with Gasteiger partial charge in [-0.1, -0.05) is 125 Å². The summed E-state index contributed by atoms with van der Waals surface area (Å²) in [5.74, 6) is -1.26. The van der Waals surface area contributed by atoms with Crippen LogP contribution in [0.1, 0.15) is 136 Å². The molecule has 15 heteroatoms. The average Bonchev–Trinajstić information content (AvgIpc) is 3.25. The second kappa shape index (κ2) is 36.3. The Kier molecular flexibility index (Phi) is 33.4. The molecule has 0 saturated heterocycles. The van der Waals surface area contributed by atoms with Gasteiger partial charge in [0.2, 0.25) is 0 Å². The summed E-state index contributed by atoms with van der Waals surface area (Å²) in [5, 5.41) is 60.1. The van der Waals surface area contributed by atoms with E-state index in [2.05, 4.69) is 50.3 Å². The summed E-state index contributed by atoms with van der Waals surface area (Å²) < 4.78 is 33.3. The van der Waals surface area contributed by atoms with Gasteiger partial charge in [0.15, 0.2) is 6.10 Å². The van der Waals surface area contributed by atoms with Gasteiger partial charge in [-0.05, 0) is 83.5 Å². The van der Waals surface area contributed by atoms with Crippen LogP contribution in [0.2, 0.25) is 0 Å². The molecule has 0 radical (unpaired) electrons. The van der Waals surface area contributed by atoms with Gasteiger partial charge in [-0.15, -0.1) is 0 Å². The summed E-state index contributed by atoms with van der Waals surface area (Å²) in [6.07, 6.45) is 29.6. The quantitative estimate of drug-likeness (QED) is 0.0108. The Morgan fingerprint density at radius 3 is 1.65 bits per heavy atom. The van der Waals surface area contributed by atoms with Crippen molar-refractivity contribution in [3.63, 3.8) is 0 Å². The van der Waals surface area contributed by atoms with Gasteiger partial charge in [-0.25, -0.2) is 4.57 Å². The molecule has 0 aromatic heterocycles. The third-order valence-electron chi connectivity index (χ3n) is 9.79. The first-order chi connectivity index (χ1) is 29.8. The van der Waals surface area contributed by atoms with Crippen LogP contribution in [-0.2, 0) is 32.7 Å². The minimum absolute atomic E-state index is 0.0191. The van der Waals surface area contributed by atoms with Gasteiger partial charge >= 0.3 is 19.8 Å². The van der Waals surface area contributed by atoms with Crippen LogP contribution in [0.3, 0.4) is 0 Å². The van der Waals surface area contributed by atoms with Gasteiger partial charge in [0.1, 0.15) is 43.2 Å². The number of rotatable bonds is 35. The van der Waals surface area contributed by atoms with E-state index in [0.717, 1.165) is 32.1 Å². The Morgan fingerprint density at radius 2 is 1.06 bits per heavy atom. The number of aliphatic hydroxyl groups excluding tert-OH is 6. The molecule has 62 heavy (non-hydrogen) atoms. The molecule has 9 atom stereocenters. The Morgan fingerprint density at radius 1 is 0.581 bits per heavy atom. The van der Waals surface area contributed by atoms with E-state index in [1.807, 2.05) is 42.5 Å². The molecule has 1 fully saturated rings. The average molecular weight is 897 g/mol.